The molecular weight excluding hydrogens is 619 g/mol. The van der Waals surface area contributed by atoms with Gasteiger partial charge >= 0.3 is 0 Å². The van der Waals surface area contributed by atoms with E-state index in [2.05, 4.69) is 92.5 Å². The average molecular weight is 662 g/mol. The maximum atomic E-state index is 4.78. The highest BCUT2D eigenvalue weighted by Gasteiger charge is 2.09. The maximum Gasteiger partial charge on any atom is 0.159 e. The van der Waals surface area contributed by atoms with Crippen LogP contribution in [-0.2, 0) is 0 Å². The molecule has 0 radical (unpaired) electrons. The Balaban J connectivity index is 1.64. The van der Waals surface area contributed by atoms with Crippen molar-refractivity contribution in [3.63, 3.8) is 0 Å². The van der Waals surface area contributed by atoms with Gasteiger partial charge in [-0.1, -0.05) is 179 Å². The van der Waals surface area contributed by atoms with E-state index in [0.29, 0.717) is 11.5 Å². The van der Waals surface area contributed by atoms with Gasteiger partial charge in [0, 0.05) is 23.5 Å². The van der Waals surface area contributed by atoms with E-state index in [-0.39, 0.29) is 0 Å². The van der Waals surface area contributed by atoms with Gasteiger partial charge in [0.2, 0.25) is 0 Å². The van der Waals surface area contributed by atoms with Crippen LogP contribution in [0.25, 0.3) is 29.0 Å². The molecule has 0 fully saturated rings. The average Bonchev–Trinajstić information content (AvgIpc) is 3.16. The van der Waals surface area contributed by atoms with E-state index in [4.69, 9.17) is 9.98 Å². The standard InChI is InChI=1S/C48H43N3/c1-7-19-41(42(20-8-2)32-30-39-22-11-10-12-23-39)26-18-35-50-48(51-38(6)37(4)5)44-25-17-24-40(36-44)31-33-43(21-9-3)45-27-13-14-28-46(45)47-29-15-16-34-49-47/h7-36H,1-4,6H2,5H3/b26-18-,32-30+,33-31+,41-19+,42-20+,43-21+,50-35+,51-48-. The summed E-state index contributed by atoms with van der Waals surface area (Å²) < 4.78 is 0. The quantitative estimate of drug-likeness (QED) is 0.0710. The molecule has 0 N–H and O–H groups in total. The highest BCUT2D eigenvalue weighted by atomic mass is 14.9. The van der Waals surface area contributed by atoms with Crippen molar-refractivity contribution in [3.8, 4) is 11.3 Å². The van der Waals surface area contributed by atoms with Gasteiger partial charge in [-0.15, -0.1) is 0 Å². The zero-order chi connectivity index (χ0) is 36.3. The van der Waals surface area contributed by atoms with Crippen molar-refractivity contribution >= 4 is 29.8 Å². The lowest BCUT2D eigenvalue weighted by molar-refractivity contribution is 1.29. The van der Waals surface area contributed by atoms with E-state index in [1.807, 2.05) is 110 Å². The number of hydrogen-bond donors (Lipinski definition) is 0. The van der Waals surface area contributed by atoms with Gasteiger partial charge in [0.25, 0.3) is 0 Å². The second-order valence-corrected chi connectivity index (χ2v) is 11.3. The van der Waals surface area contributed by atoms with Crippen molar-refractivity contribution in [3.05, 3.63) is 242 Å². The Morgan fingerprint density at radius 1 is 0.667 bits per heavy atom. The van der Waals surface area contributed by atoms with Gasteiger partial charge in [-0.25, -0.2) is 9.98 Å². The van der Waals surface area contributed by atoms with E-state index in [1.165, 1.54) is 0 Å². The maximum absolute atomic E-state index is 4.78. The number of hydrogen-bond acceptors (Lipinski definition) is 2. The van der Waals surface area contributed by atoms with Crippen molar-refractivity contribution in [1.82, 2.24) is 4.98 Å². The van der Waals surface area contributed by atoms with Gasteiger partial charge in [0.05, 0.1) is 11.4 Å². The Labute approximate surface area is 303 Å². The molecule has 0 saturated heterocycles. The highest BCUT2D eigenvalue weighted by Crippen LogP contribution is 2.29. The van der Waals surface area contributed by atoms with Gasteiger partial charge in [-0.3, -0.25) is 4.98 Å². The van der Waals surface area contributed by atoms with E-state index < -0.39 is 0 Å². The van der Waals surface area contributed by atoms with Crippen LogP contribution in [0.15, 0.2) is 229 Å². The lowest BCUT2D eigenvalue weighted by atomic mass is 9.96. The first-order chi connectivity index (χ1) is 24.9. The van der Waals surface area contributed by atoms with E-state index in [0.717, 1.165) is 55.8 Å². The molecule has 4 aromatic rings. The molecule has 250 valence electrons. The number of allylic oxidation sites excluding steroid dienone is 14. The first-order valence-corrected chi connectivity index (χ1v) is 16.6. The molecule has 3 nitrogen and oxygen atoms in total. The Bertz CT molecular complexity index is 2110. The molecule has 0 saturated carbocycles. The van der Waals surface area contributed by atoms with Crippen LogP contribution >= 0.6 is 0 Å². The lowest BCUT2D eigenvalue weighted by Gasteiger charge is -2.10. The van der Waals surface area contributed by atoms with Crippen molar-refractivity contribution < 1.29 is 0 Å². The third-order valence-electron chi connectivity index (χ3n) is 7.55. The van der Waals surface area contributed by atoms with E-state index in [9.17, 15) is 0 Å². The summed E-state index contributed by atoms with van der Waals surface area (Å²) in [6.45, 7) is 21.8. The number of pyridine rings is 1. The molecule has 3 aromatic carbocycles. The summed E-state index contributed by atoms with van der Waals surface area (Å²) in [5, 5.41) is 0. The van der Waals surface area contributed by atoms with Gasteiger partial charge < -0.3 is 0 Å². The topological polar surface area (TPSA) is 37.6 Å². The summed E-state index contributed by atoms with van der Waals surface area (Å²) >= 11 is 0. The molecule has 0 atom stereocenters. The number of benzene rings is 3. The predicted molar refractivity (Wildman–Crippen MR) is 223 cm³/mol. The molecule has 1 aromatic heterocycles. The van der Waals surface area contributed by atoms with Gasteiger partial charge in [-0.2, -0.15) is 0 Å². The summed E-state index contributed by atoms with van der Waals surface area (Å²) in [7, 11) is 0. The zero-order valence-corrected chi connectivity index (χ0v) is 29.2. The Morgan fingerprint density at radius 2 is 1.33 bits per heavy atom. The normalized spacial score (nSPS) is 13.0. The van der Waals surface area contributed by atoms with Crippen molar-refractivity contribution in [2.45, 2.75) is 6.92 Å². The SMILES string of the molecule is C=C/C=C(\C=C/C=N/C(=N\C(=C)C(=C)C)c1cccc(/C=C/C(=C\C=C)c2ccccc2-c2ccccn2)c1)C(/C=C/c1ccccc1)=C/C=C. The summed E-state index contributed by atoms with van der Waals surface area (Å²) in [5.41, 5.74) is 10.2. The molecule has 0 aliphatic heterocycles. The van der Waals surface area contributed by atoms with Crippen LogP contribution in [0.2, 0.25) is 0 Å². The third-order valence-corrected chi connectivity index (χ3v) is 7.55. The molecule has 51 heavy (non-hydrogen) atoms. The first-order valence-electron chi connectivity index (χ1n) is 16.6. The number of nitrogens with zero attached hydrogens (tertiary/aromatic N) is 3. The summed E-state index contributed by atoms with van der Waals surface area (Å²) in [5.74, 6) is 0.519. The van der Waals surface area contributed by atoms with Gasteiger partial charge in [0.15, 0.2) is 5.84 Å². The molecule has 3 heteroatoms. The summed E-state index contributed by atoms with van der Waals surface area (Å²) in [4.78, 5) is 14.1. The fourth-order valence-corrected chi connectivity index (χ4v) is 4.96. The third kappa shape index (κ3) is 11.4. The number of aliphatic imine (C=N–C) groups is 2. The molecule has 0 unspecified atom stereocenters. The van der Waals surface area contributed by atoms with Crippen LogP contribution in [0.3, 0.4) is 0 Å². The minimum absolute atomic E-state index is 0.519. The molecule has 0 amide bonds. The highest BCUT2D eigenvalue weighted by molar-refractivity contribution is 6.05. The number of amidine groups is 1. The van der Waals surface area contributed by atoms with Crippen molar-refractivity contribution in [2.75, 3.05) is 0 Å². The van der Waals surface area contributed by atoms with Gasteiger partial charge in [-0.05, 0) is 70.2 Å². The number of rotatable bonds is 15. The second kappa shape index (κ2) is 20.0. The zero-order valence-electron chi connectivity index (χ0n) is 29.2. The van der Waals surface area contributed by atoms with E-state index in [1.54, 1.807) is 24.4 Å². The van der Waals surface area contributed by atoms with E-state index >= 15 is 0 Å². The van der Waals surface area contributed by atoms with Crippen LogP contribution in [-0.4, -0.2) is 17.0 Å². The van der Waals surface area contributed by atoms with Gasteiger partial charge in [0.1, 0.15) is 0 Å². The van der Waals surface area contributed by atoms with Crippen LogP contribution < -0.4 is 0 Å². The van der Waals surface area contributed by atoms with Crippen LogP contribution in [0.1, 0.15) is 29.2 Å². The largest absolute Gasteiger partial charge is 0.256 e. The fraction of sp³-hybridized carbons (Fsp3) is 0.0208. The van der Waals surface area contributed by atoms with Crippen LogP contribution in [0.4, 0.5) is 0 Å². The first kappa shape index (κ1) is 37.1. The smallest absolute Gasteiger partial charge is 0.159 e. The minimum Gasteiger partial charge on any atom is -0.256 e. The fourth-order valence-electron chi connectivity index (χ4n) is 4.96. The van der Waals surface area contributed by atoms with Crippen molar-refractivity contribution in [1.29, 1.82) is 0 Å². The predicted octanol–water partition coefficient (Wildman–Crippen LogP) is 12.4. The second-order valence-electron chi connectivity index (χ2n) is 11.3. The van der Waals surface area contributed by atoms with Crippen LogP contribution in [0.5, 0.6) is 0 Å². The molecule has 0 spiro atoms. The molecule has 0 bridgehead atoms. The Hall–Kier alpha value is -6.71. The minimum atomic E-state index is 0.519. The van der Waals surface area contributed by atoms with Crippen LogP contribution in [0, 0.1) is 0 Å². The Morgan fingerprint density at radius 3 is 2.04 bits per heavy atom. The number of aromatic nitrogens is 1. The lowest BCUT2D eigenvalue weighted by Crippen LogP contribution is -1.99. The Kier molecular flexibility index (Phi) is 14.5. The monoisotopic (exact) mass is 661 g/mol. The molecule has 1 heterocycles. The summed E-state index contributed by atoms with van der Waals surface area (Å²) in [6.07, 6.45) is 27.0. The molecule has 0 aliphatic rings. The van der Waals surface area contributed by atoms with Crippen molar-refractivity contribution in [2.24, 2.45) is 9.98 Å². The molecular formula is C48H43N3. The molecule has 0 aliphatic carbocycles. The summed E-state index contributed by atoms with van der Waals surface area (Å²) in [6, 6.07) is 32.4. The molecule has 4 rings (SSSR count).